The summed E-state index contributed by atoms with van der Waals surface area (Å²) in [7, 11) is -6.28. The van der Waals surface area contributed by atoms with Crippen molar-refractivity contribution in [2.45, 2.75) is 17.2 Å². The fourth-order valence-corrected chi connectivity index (χ4v) is 1.19. The van der Waals surface area contributed by atoms with E-state index in [0.717, 1.165) is 0 Å². The van der Waals surface area contributed by atoms with Crippen LogP contribution in [0.25, 0.3) is 0 Å². The lowest BCUT2D eigenvalue weighted by molar-refractivity contribution is -0.358. The van der Waals surface area contributed by atoms with E-state index >= 15 is 0 Å². The number of hydrogen-bond donors (Lipinski definition) is 1. The lowest BCUT2D eigenvalue weighted by atomic mass is 10.2. The highest BCUT2D eigenvalue weighted by molar-refractivity contribution is 7.86. The summed E-state index contributed by atoms with van der Waals surface area (Å²) in [4.78, 5) is 22.4. The smallest absolute Gasteiger partial charge is 0.430 e. The number of rotatable bonds is 8. The van der Waals surface area contributed by atoms with E-state index in [0.29, 0.717) is 0 Å². The molecule has 0 spiro atoms. The molecular formula is C10H8F6O8S. The summed E-state index contributed by atoms with van der Waals surface area (Å²) in [6, 6.07) is 0. The van der Waals surface area contributed by atoms with Crippen LogP contribution in [-0.2, 0) is 33.9 Å². The molecule has 0 radical (unpaired) electrons. The minimum Gasteiger partial charge on any atom is -0.430 e. The Morgan fingerprint density at radius 2 is 1.64 bits per heavy atom. The van der Waals surface area contributed by atoms with Crippen LogP contribution in [0.3, 0.4) is 0 Å². The maximum Gasteiger partial charge on any atom is 0.468 e. The van der Waals surface area contributed by atoms with Gasteiger partial charge in [-0.2, -0.15) is 34.8 Å². The topological polar surface area (TPSA) is 116 Å². The molecule has 1 unspecified atom stereocenters. The van der Waals surface area contributed by atoms with Crippen LogP contribution in [0.2, 0.25) is 0 Å². The lowest BCUT2D eigenvalue weighted by Crippen LogP contribution is -2.59. The van der Waals surface area contributed by atoms with Crippen molar-refractivity contribution in [2.75, 3.05) is 6.61 Å². The first-order chi connectivity index (χ1) is 11.0. The Hall–Kier alpha value is -2.13. The largest absolute Gasteiger partial charge is 0.468 e. The molecule has 0 saturated heterocycles. The molecule has 0 aromatic carbocycles. The van der Waals surface area contributed by atoms with E-state index in [2.05, 4.69) is 27.4 Å². The standard InChI is InChI=1S/C10H8F6O8S/c1-3-22-7(18)9(10(14,15)16,24-6(17)5(2)11)23-4-8(12,13)25(19,20)21/h3H,1-2,4H2,(H,19,20,21). The van der Waals surface area contributed by atoms with Gasteiger partial charge in [-0.25, -0.2) is 9.59 Å². The average molecular weight is 402 g/mol. The first kappa shape index (κ1) is 22.9. The van der Waals surface area contributed by atoms with Crippen LogP contribution in [0.15, 0.2) is 25.2 Å². The van der Waals surface area contributed by atoms with Gasteiger partial charge >= 0.3 is 39.3 Å². The van der Waals surface area contributed by atoms with Gasteiger partial charge in [0, 0.05) is 0 Å². The van der Waals surface area contributed by atoms with Crippen LogP contribution in [-0.4, -0.2) is 48.7 Å². The first-order valence-electron chi connectivity index (χ1n) is 5.47. The maximum absolute atomic E-state index is 13.1. The normalized spacial score (nSPS) is 15.0. The zero-order chi connectivity index (χ0) is 20.3. The van der Waals surface area contributed by atoms with Crippen molar-refractivity contribution in [3.05, 3.63) is 25.2 Å². The van der Waals surface area contributed by atoms with E-state index in [9.17, 15) is 44.3 Å². The summed E-state index contributed by atoms with van der Waals surface area (Å²) in [5.74, 6) is -12.5. The van der Waals surface area contributed by atoms with Gasteiger partial charge in [0.05, 0.1) is 6.26 Å². The Morgan fingerprint density at radius 3 is 1.96 bits per heavy atom. The molecule has 1 N–H and O–H groups in total. The van der Waals surface area contributed by atoms with Crippen LogP contribution in [0, 0.1) is 0 Å². The summed E-state index contributed by atoms with van der Waals surface area (Å²) in [6.07, 6.45) is -6.11. The molecule has 0 fully saturated rings. The molecule has 0 aliphatic carbocycles. The highest BCUT2D eigenvalue weighted by Crippen LogP contribution is 2.38. The van der Waals surface area contributed by atoms with Crippen LogP contribution in [0.4, 0.5) is 26.3 Å². The van der Waals surface area contributed by atoms with Gasteiger partial charge in [0.15, 0.2) is 0 Å². The number of carbonyl (C=O) groups is 2. The van der Waals surface area contributed by atoms with Crippen molar-refractivity contribution in [3.63, 3.8) is 0 Å². The van der Waals surface area contributed by atoms with Gasteiger partial charge in [-0.3, -0.25) is 4.55 Å². The summed E-state index contributed by atoms with van der Waals surface area (Å²) in [5.41, 5.74) is 0. The number of hydrogen-bond acceptors (Lipinski definition) is 7. The first-order valence-corrected chi connectivity index (χ1v) is 6.91. The Morgan fingerprint density at radius 1 is 1.16 bits per heavy atom. The Kier molecular flexibility index (Phi) is 6.77. The molecular weight excluding hydrogens is 394 g/mol. The number of esters is 2. The van der Waals surface area contributed by atoms with E-state index in [4.69, 9.17) is 4.55 Å². The molecule has 0 heterocycles. The Balaban J connectivity index is 6.10. The second-order valence-corrected chi connectivity index (χ2v) is 5.43. The molecule has 0 aromatic heterocycles. The van der Waals surface area contributed by atoms with E-state index in [1.807, 2.05) is 0 Å². The molecule has 0 saturated carbocycles. The van der Waals surface area contributed by atoms with Crippen LogP contribution in [0.5, 0.6) is 0 Å². The second-order valence-electron chi connectivity index (χ2n) is 3.88. The predicted octanol–water partition coefficient (Wildman–Crippen LogP) is 1.46. The van der Waals surface area contributed by atoms with Crippen molar-refractivity contribution in [3.8, 4) is 0 Å². The molecule has 144 valence electrons. The average Bonchev–Trinajstić information content (AvgIpc) is 2.40. The Bertz CT molecular complexity index is 669. The number of alkyl halides is 5. The molecule has 0 bridgehead atoms. The molecule has 8 nitrogen and oxygen atoms in total. The zero-order valence-electron chi connectivity index (χ0n) is 11.7. The van der Waals surface area contributed by atoms with Gasteiger partial charge < -0.3 is 14.2 Å². The van der Waals surface area contributed by atoms with Crippen molar-refractivity contribution >= 4 is 22.1 Å². The third-order valence-electron chi connectivity index (χ3n) is 2.11. The molecule has 0 aliphatic heterocycles. The summed E-state index contributed by atoms with van der Waals surface area (Å²) in [5, 5.41) is -5.36. The van der Waals surface area contributed by atoms with Gasteiger partial charge in [0.25, 0.3) is 0 Å². The molecule has 25 heavy (non-hydrogen) atoms. The fourth-order valence-electron chi connectivity index (χ4n) is 0.985. The molecule has 0 aromatic rings. The predicted molar refractivity (Wildman–Crippen MR) is 63.9 cm³/mol. The summed E-state index contributed by atoms with van der Waals surface area (Å²) < 4.78 is 117. The Labute approximate surface area is 135 Å². The maximum atomic E-state index is 13.1. The highest BCUT2D eigenvalue weighted by Gasteiger charge is 2.69. The minimum absolute atomic E-state index is 0.0468. The van der Waals surface area contributed by atoms with E-state index in [1.54, 1.807) is 0 Å². The number of carbonyl (C=O) groups excluding carboxylic acids is 2. The van der Waals surface area contributed by atoms with E-state index < -0.39 is 51.7 Å². The summed E-state index contributed by atoms with van der Waals surface area (Å²) in [6.45, 7) is 2.10. The monoisotopic (exact) mass is 402 g/mol. The van der Waals surface area contributed by atoms with Crippen molar-refractivity contribution < 1.29 is 63.1 Å². The van der Waals surface area contributed by atoms with Crippen LogP contribution >= 0.6 is 0 Å². The second kappa shape index (κ2) is 7.40. The van der Waals surface area contributed by atoms with E-state index in [1.165, 1.54) is 0 Å². The van der Waals surface area contributed by atoms with Gasteiger partial charge in [0.2, 0.25) is 5.83 Å². The van der Waals surface area contributed by atoms with Gasteiger partial charge in [-0.05, 0) is 0 Å². The molecule has 15 heteroatoms. The SMILES string of the molecule is C=COC(=O)C(OCC(F)(F)S(=O)(=O)O)(OC(=O)C(=C)F)C(F)(F)F. The number of halogens is 6. The highest BCUT2D eigenvalue weighted by atomic mass is 32.2. The quantitative estimate of drug-likeness (QED) is 0.162. The van der Waals surface area contributed by atoms with Gasteiger partial charge in [-0.1, -0.05) is 13.2 Å². The van der Waals surface area contributed by atoms with Gasteiger partial charge in [0.1, 0.15) is 6.61 Å². The van der Waals surface area contributed by atoms with Crippen LogP contribution < -0.4 is 0 Å². The third kappa shape index (κ3) is 5.17. The lowest BCUT2D eigenvalue weighted by Gasteiger charge is -2.32. The molecule has 0 amide bonds. The van der Waals surface area contributed by atoms with Crippen molar-refractivity contribution in [1.29, 1.82) is 0 Å². The number of ether oxygens (including phenoxy) is 3. The van der Waals surface area contributed by atoms with E-state index in [-0.39, 0.29) is 6.26 Å². The molecule has 1 atom stereocenters. The van der Waals surface area contributed by atoms with Crippen molar-refractivity contribution in [1.82, 2.24) is 0 Å². The molecule has 0 rings (SSSR count). The van der Waals surface area contributed by atoms with Crippen LogP contribution in [0.1, 0.15) is 0 Å². The minimum atomic E-state index is -6.28. The van der Waals surface area contributed by atoms with Gasteiger partial charge in [-0.15, -0.1) is 0 Å². The molecule has 0 aliphatic rings. The zero-order valence-corrected chi connectivity index (χ0v) is 12.5. The fraction of sp³-hybridized carbons (Fsp3) is 0.400. The van der Waals surface area contributed by atoms with Crippen molar-refractivity contribution in [2.24, 2.45) is 0 Å². The third-order valence-corrected chi connectivity index (χ3v) is 2.98. The summed E-state index contributed by atoms with van der Waals surface area (Å²) >= 11 is 0.